The Balaban J connectivity index is 0.00000162. The molecule has 0 aliphatic heterocycles. The zero-order valence-electron chi connectivity index (χ0n) is 21.6. The predicted molar refractivity (Wildman–Crippen MR) is 136 cm³/mol. The fourth-order valence-electron chi connectivity index (χ4n) is 5.83. The van der Waals surface area contributed by atoms with Gasteiger partial charge in [-0.2, -0.15) is 0 Å². The third-order valence-electron chi connectivity index (χ3n) is 7.74. The molecule has 0 heterocycles. The third kappa shape index (κ3) is 5.05. The van der Waals surface area contributed by atoms with Crippen molar-refractivity contribution in [2.24, 2.45) is 0 Å². The SMILES string of the molecule is CC(C)(C)c1ccc2c(c1)-c1cc(C(C)(C)C)ccc1[CH]2[Zr+2]([C]1=CC=CC1)=[C]1CCCC1.[Cl-].[Cl-]. The van der Waals surface area contributed by atoms with Gasteiger partial charge in [0.2, 0.25) is 0 Å². The average Bonchev–Trinajstić information content (AvgIpc) is 3.48. The molecule has 1 saturated carbocycles. The Morgan fingerprint density at radius 1 is 0.735 bits per heavy atom. The average molecular weight is 573 g/mol. The third-order valence-corrected chi connectivity index (χ3v) is 16.4. The maximum atomic E-state index is 2.54. The largest absolute Gasteiger partial charge is 1.00 e. The molecule has 0 saturated heterocycles. The number of allylic oxidation sites excluding steroid dienone is 4. The smallest absolute Gasteiger partial charge is 1.00 e. The molecule has 0 atom stereocenters. The molecule has 0 nitrogen and oxygen atoms in total. The molecule has 3 aliphatic carbocycles. The van der Waals surface area contributed by atoms with Gasteiger partial charge in [0.15, 0.2) is 0 Å². The molecule has 2 aromatic rings. The molecule has 0 spiro atoms. The zero-order chi connectivity index (χ0) is 22.7. The fraction of sp³-hybridized carbons (Fsp3) is 0.452. The Labute approximate surface area is 227 Å². The van der Waals surface area contributed by atoms with Gasteiger partial charge in [0.05, 0.1) is 0 Å². The van der Waals surface area contributed by atoms with Gasteiger partial charge in [-0.15, -0.1) is 0 Å². The topological polar surface area (TPSA) is 0 Å². The van der Waals surface area contributed by atoms with Crippen LogP contribution in [0.25, 0.3) is 11.1 Å². The maximum absolute atomic E-state index is 2.54. The molecular formula is C31H38Cl2Zr. The molecule has 3 aliphatic rings. The van der Waals surface area contributed by atoms with Crippen LogP contribution in [0, 0.1) is 0 Å². The van der Waals surface area contributed by atoms with Crippen molar-refractivity contribution in [2.75, 3.05) is 0 Å². The number of halogens is 2. The van der Waals surface area contributed by atoms with Gasteiger partial charge in [0.25, 0.3) is 0 Å². The van der Waals surface area contributed by atoms with Gasteiger partial charge in [-0.05, 0) is 0 Å². The van der Waals surface area contributed by atoms with Crippen molar-refractivity contribution in [3.8, 4) is 11.1 Å². The van der Waals surface area contributed by atoms with Crippen molar-refractivity contribution >= 4 is 3.21 Å². The zero-order valence-corrected chi connectivity index (χ0v) is 25.5. The first-order chi connectivity index (χ1) is 15.1. The van der Waals surface area contributed by atoms with Crippen LogP contribution in [0.4, 0.5) is 0 Å². The summed E-state index contributed by atoms with van der Waals surface area (Å²) in [6, 6.07) is 15.0. The van der Waals surface area contributed by atoms with Gasteiger partial charge >= 0.3 is 204 Å². The molecule has 0 N–H and O–H groups in total. The van der Waals surface area contributed by atoms with E-state index in [0.29, 0.717) is 3.63 Å². The molecule has 1 fully saturated rings. The predicted octanol–water partition coefficient (Wildman–Crippen LogP) is 2.57. The maximum Gasteiger partial charge on any atom is -1.00 e. The molecule has 180 valence electrons. The minimum atomic E-state index is -2.02. The number of hydrogen-bond donors (Lipinski definition) is 0. The summed E-state index contributed by atoms with van der Waals surface area (Å²) < 4.78 is 4.48. The van der Waals surface area contributed by atoms with Crippen LogP contribution in [0.2, 0.25) is 0 Å². The molecule has 0 amide bonds. The van der Waals surface area contributed by atoms with Crippen LogP contribution in [-0.4, -0.2) is 3.21 Å². The normalized spacial score (nSPS) is 16.9. The summed E-state index contributed by atoms with van der Waals surface area (Å²) in [5, 5.41) is 0. The Morgan fingerprint density at radius 2 is 1.24 bits per heavy atom. The second-order valence-electron chi connectivity index (χ2n) is 12.1. The van der Waals surface area contributed by atoms with E-state index in [1.54, 1.807) is 11.1 Å². The summed E-state index contributed by atoms with van der Waals surface area (Å²) in [7, 11) is 0. The summed E-state index contributed by atoms with van der Waals surface area (Å²) in [5.74, 6) is 0. The molecule has 0 radical (unpaired) electrons. The molecule has 5 rings (SSSR count). The van der Waals surface area contributed by atoms with Crippen LogP contribution in [0.3, 0.4) is 0 Å². The molecule has 2 aromatic carbocycles. The molecular weight excluding hydrogens is 534 g/mol. The fourth-order valence-corrected chi connectivity index (χ4v) is 15.3. The Kier molecular flexibility index (Phi) is 8.45. The van der Waals surface area contributed by atoms with E-state index < -0.39 is 21.3 Å². The van der Waals surface area contributed by atoms with Crippen molar-refractivity contribution in [1.82, 2.24) is 0 Å². The number of benzene rings is 2. The molecule has 3 heteroatoms. The van der Waals surface area contributed by atoms with Crippen LogP contribution >= 0.6 is 0 Å². The van der Waals surface area contributed by atoms with E-state index in [1.165, 1.54) is 54.4 Å². The van der Waals surface area contributed by atoms with Crippen LogP contribution < -0.4 is 24.8 Å². The molecule has 0 unspecified atom stereocenters. The van der Waals surface area contributed by atoms with Crippen molar-refractivity contribution in [1.29, 1.82) is 0 Å². The van der Waals surface area contributed by atoms with E-state index in [0.717, 1.165) is 0 Å². The Morgan fingerprint density at radius 3 is 1.65 bits per heavy atom. The first-order valence-corrected chi connectivity index (χ1v) is 16.4. The standard InChI is InChI=1S/C21H25.C5H8.C5H5.2ClH.Zr/c1-20(2,3)16-9-7-14-11-15-8-10-17(21(4,5)6)13-19(15)18(14)12-16;2*1-2-4-5-3-1;;;/h7-13H,1-6H3;1-4H2;1-3H,4H2;2*1H;/q;;;;;+2/p-2. The molecule has 0 bridgehead atoms. The van der Waals surface area contributed by atoms with Gasteiger partial charge in [0.1, 0.15) is 0 Å². The van der Waals surface area contributed by atoms with E-state index in [2.05, 4.69) is 96.2 Å². The van der Waals surface area contributed by atoms with Crippen molar-refractivity contribution in [3.05, 3.63) is 80.2 Å². The van der Waals surface area contributed by atoms with E-state index in [9.17, 15) is 0 Å². The van der Waals surface area contributed by atoms with Crippen molar-refractivity contribution in [2.45, 2.75) is 88.1 Å². The summed E-state index contributed by atoms with van der Waals surface area (Å²) in [6.07, 6.45) is 14.1. The summed E-state index contributed by atoms with van der Waals surface area (Å²) in [4.78, 5) is 0. The van der Waals surface area contributed by atoms with Crippen LogP contribution in [0.5, 0.6) is 0 Å². The Hall–Kier alpha value is -0.747. The monoisotopic (exact) mass is 570 g/mol. The minimum absolute atomic E-state index is 0. The number of hydrogen-bond acceptors (Lipinski definition) is 0. The van der Waals surface area contributed by atoms with E-state index in [1.807, 2.05) is 6.49 Å². The van der Waals surface area contributed by atoms with Crippen LogP contribution in [0.15, 0.2) is 57.9 Å². The van der Waals surface area contributed by atoms with Crippen molar-refractivity contribution < 1.29 is 46.1 Å². The second kappa shape index (κ2) is 10.3. The minimum Gasteiger partial charge on any atom is -1.00 e. The van der Waals surface area contributed by atoms with Gasteiger partial charge in [0, 0.05) is 0 Å². The van der Waals surface area contributed by atoms with E-state index in [-0.39, 0.29) is 35.6 Å². The van der Waals surface area contributed by atoms with E-state index in [4.69, 9.17) is 0 Å². The van der Waals surface area contributed by atoms with Crippen molar-refractivity contribution in [3.63, 3.8) is 0 Å². The first-order valence-electron chi connectivity index (χ1n) is 12.5. The first kappa shape index (κ1) is 27.8. The van der Waals surface area contributed by atoms with E-state index >= 15 is 0 Å². The quantitative estimate of drug-likeness (QED) is 0.519. The van der Waals surface area contributed by atoms with Gasteiger partial charge in [-0.1, -0.05) is 0 Å². The van der Waals surface area contributed by atoms with Gasteiger partial charge in [-0.25, -0.2) is 0 Å². The van der Waals surface area contributed by atoms with Crippen LogP contribution in [-0.2, 0) is 32.1 Å². The summed E-state index contributed by atoms with van der Waals surface area (Å²) >= 11 is -2.02. The van der Waals surface area contributed by atoms with Gasteiger partial charge in [-0.3, -0.25) is 0 Å². The molecule has 0 aromatic heterocycles. The summed E-state index contributed by atoms with van der Waals surface area (Å²) in [6.45, 7) is 14.1. The molecule has 34 heavy (non-hydrogen) atoms. The number of rotatable bonds is 2. The Bertz CT molecular complexity index is 1100. The summed E-state index contributed by atoms with van der Waals surface area (Å²) in [5.41, 5.74) is 9.62. The second-order valence-corrected chi connectivity index (χ2v) is 18.9. The van der Waals surface area contributed by atoms with Crippen LogP contribution in [0.1, 0.15) is 99.5 Å². The number of fused-ring (bicyclic) bond motifs is 3. The van der Waals surface area contributed by atoms with Gasteiger partial charge < -0.3 is 24.8 Å².